The molecule has 1 fully saturated rings. The molecule has 0 unspecified atom stereocenters. The molecule has 1 aliphatic heterocycles. The van der Waals surface area contributed by atoms with E-state index in [4.69, 9.17) is 0 Å². The summed E-state index contributed by atoms with van der Waals surface area (Å²) in [5, 5.41) is 6.79. The average Bonchev–Trinajstić information content (AvgIpc) is 3.19. The van der Waals surface area contributed by atoms with E-state index in [9.17, 15) is 9.59 Å². The number of nitrogens with one attached hydrogen (secondary N) is 1. The molecule has 1 N–H and O–H groups in total. The first-order chi connectivity index (χ1) is 13.1. The van der Waals surface area contributed by atoms with Gasteiger partial charge in [0, 0.05) is 25.4 Å². The predicted molar refractivity (Wildman–Crippen MR) is 102 cm³/mol. The van der Waals surface area contributed by atoms with Crippen LogP contribution in [0, 0.1) is 6.92 Å². The maximum absolute atomic E-state index is 12.5. The van der Waals surface area contributed by atoms with Crippen LogP contribution in [0.3, 0.4) is 0 Å². The standard InChI is InChI=1S/C21H22N4O2/c1-15-6-5-9-17(10-15)13-25-20(22-23-21(25)27)18-11-19(26)24(14-18)12-16-7-3-2-4-8-16/h2-10,18H,11-14H2,1H3,(H,23,27)/t18-/m0/s1. The van der Waals surface area contributed by atoms with Gasteiger partial charge in [-0.3, -0.25) is 9.36 Å². The molecule has 1 aromatic heterocycles. The molecule has 1 amide bonds. The highest BCUT2D eigenvalue weighted by atomic mass is 16.2. The third-order valence-electron chi connectivity index (χ3n) is 5.01. The SMILES string of the molecule is Cc1cccc(Cn2c([C@H]3CC(=O)N(Cc4ccccc4)C3)n[nH]c2=O)c1. The Labute approximate surface area is 157 Å². The lowest BCUT2D eigenvalue weighted by atomic mass is 10.1. The first-order valence-corrected chi connectivity index (χ1v) is 9.12. The molecule has 1 aliphatic rings. The van der Waals surface area contributed by atoms with Crippen LogP contribution in [0.5, 0.6) is 0 Å². The van der Waals surface area contributed by atoms with Crippen molar-refractivity contribution in [2.45, 2.75) is 32.4 Å². The molecule has 2 aromatic carbocycles. The number of carbonyl (C=O) groups excluding carboxylic acids is 1. The van der Waals surface area contributed by atoms with E-state index < -0.39 is 0 Å². The number of aryl methyl sites for hydroxylation is 1. The minimum atomic E-state index is -0.236. The Morgan fingerprint density at radius 1 is 1.04 bits per heavy atom. The van der Waals surface area contributed by atoms with Crippen LogP contribution in [0.2, 0.25) is 0 Å². The van der Waals surface area contributed by atoms with Crippen molar-refractivity contribution in [1.29, 1.82) is 0 Å². The van der Waals surface area contributed by atoms with Gasteiger partial charge in [0.1, 0.15) is 5.82 Å². The van der Waals surface area contributed by atoms with Crippen LogP contribution in [0.15, 0.2) is 59.4 Å². The summed E-state index contributed by atoms with van der Waals surface area (Å²) < 4.78 is 1.65. The summed E-state index contributed by atoms with van der Waals surface area (Å²) in [7, 11) is 0. The summed E-state index contributed by atoms with van der Waals surface area (Å²) in [6.07, 6.45) is 0.380. The number of hydrogen-bond donors (Lipinski definition) is 1. The summed E-state index contributed by atoms with van der Waals surface area (Å²) in [6, 6.07) is 18.0. The Morgan fingerprint density at radius 2 is 1.81 bits per heavy atom. The molecule has 3 aromatic rings. The van der Waals surface area contributed by atoms with Crippen LogP contribution in [-0.4, -0.2) is 32.1 Å². The Balaban J connectivity index is 1.54. The van der Waals surface area contributed by atoms with E-state index in [0.717, 1.165) is 16.7 Å². The van der Waals surface area contributed by atoms with Crippen LogP contribution < -0.4 is 5.69 Å². The monoisotopic (exact) mass is 362 g/mol. The van der Waals surface area contributed by atoms with Gasteiger partial charge in [0.25, 0.3) is 0 Å². The Morgan fingerprint density at radius 3 is 2.59 bits per heavy atom. The smallest absolute Gasteiger partial charge is 0.338 e. The van der Waals surface area contributed by atoms with Crippen molar-refractivity contribution < 1.29 is 4.79 Å². The van der Waals surface area contributed by atoms with E-state index in [-0.39, 0.29) is 17.5 Å². The lowest BCUT2D eigenvalue weighted by molar-refractivity contribution is -0.128. The van der Waals surface area contributed by atoms with Crippen LogP contribution in [0.1, 0.15) is 34.9 Å². The van der Waals surface area contributed by atoms with Crippen molar-refractivity contribution in [2.75, 3.05) is 6.54 Å². The molecule has 2 heterocycles. The van der Waals surface area contributed by atoms with Crippen molar-refractivity contribution in [1.82, 2.24) is 19.7 Å². The van der Waals surface area contributed by atoms with Crippen LogP contribution in [0.4, 0.5) is 0 Å². The molecular weight excluding hydrogens is 340 g/mol. The molecule has 6 heteroatoms. The number of H-pyrrole nitrogens is 1. The predicted octanol–water partition coefficient (Wildman–Crippen LogP) is 2.44. The van der Waals surface area contributed by atoms with Crippen molar-refractivity contribution in [3.8, 4) is 0 Å². The van der Waals surface area contributed by atoms with Gasteiger partial charge in [0.2, 0.25) is 5.91 Å². The second-order valence-corrected chi connectivity index (χ2v) is 7.12. The molecule has 1 atom stereocenters. The van der Waals surface area contributed by atoms with Gasteiger partial charge in [-0.25, -0.2) is 9.89 Å². The summed E-state index contributed by atoms with van der Waals surface area (Å²) in [6.45, 7) is 3.64. The first-order valence-electron chi connectivity index (χ1n) is 9.12. The number of benzene rings is 2. The fourth-order valence-electron chi connectivity index (χ4n) is 3.69. The minimum absolute atomic E-state index is 0.0787. The molecule has 6 nitrogen and oxygen atoms in total. The number of nitrogens with zero attached hydrogens (tertiary/aromatic N) is 3. The fourth-order valence-corrected chi connectivity index (χ4v) is 3.69. The van der Waals surface area contributed by atoms with Gasteiger partial charge in [-0.2, -0.15) is 5.10 Å². The normalized spacial score (nSPS) is 16.9. The van der Waals surface area contributed by atoms with Crippen molar-refractivity contribution >= 4 is 5.91 Å². The Hall–Kier alpha value is -3.15. The molecule has 0 saturated carbocycles. The highest BCUT2D eigenvalue weighted by molar-refractivity contribution is 5.79. The molecule has 0 radical (unpaired) electrons. The van der Waals surface area contributed by atoms with Gasteiger partial charge in [0.15, 0.2) is 0 Å². The van der Waals surface area contributed by atoms with Gasteiger partial charge in [-0.1, -0.05) is 60.2 Å². The highest BCUT2D eigenvalue weighted by Crippen LogP contribution is 2.27. The zero-order valence-electron chi connectivity index (χ0n) is 15.3. The van der Waals surface area contributed by atoms with E-state index in [1.807, 2.05) is 60.4 Å². The fraction of sp³-hybridized carbons (Fsp3) is 0.286. The van der Waals surface area contributed by atoms with Crippen molar-refractivity contribution in [2.24, 2.45) is 0 Å². The number of aromatic amines is 1. The average molecular weight is 362 g/mol. The molecule has 4 rings (SSSR count). The number of aromatic nitrogens is 3. The second kappa shape index (κ2) is 7.23. The zero-order chi connectivity index (χ0) is 18.8. The maximum atomic E-state index is 12.5. The topological polar surface area (TPSA) is 71.0 Å². The quantitative estimate of drug-likeness (QED) is 0.758. The second-order valence-electron chi connectivity index (χ2n) is 7.12. The molecule has 1 saturated heterocycles. The van der Waals surface area contributed by atoms with E-state index in [2.05, 4.69) is 16.3 Å². The summed E-state index contributed by atoms with van der Waals surface area (Å²) in [5.74, 6) is 0.678. The van der Waals surface area contributed by atoms with E-state index in [1.165, 1.54) is 0 Å². The van der Waals surface area contributed by atoms with Gasteiger partial charge < -0.3 is 4.90 Å². The minimum Gasteiger partial charge on any atom is -0.338 e. The Kier molecular flexibility index (Phi) is 4.62. The van der Waals surface area contributed by atoms with Crippen molar-refractivity contribution in [3.05, 3.63) is 87.6 Å². The largest absolute Gasteiger partial charge is 0.343 e. The van der Waals surface area contributed by atoms with Gasteiger partial charge in [0.05, 0.1) is 6.54 Å². The number of amides is 1. The van der Waals surface area contributed by atoms with Crippen LogP contribution >= 0.6 is 0 Å². The molecule has 0 aliphatic carbocycles. The number of rotatable bonds is 5. The lowest BCUT2D eigenvalue weighted by Crippen LogP contribution is -2.25. The third-order valence-corrected chi connectivity index (χ3v) is 5.01. The summed E-state index contributed by atoms with van der Waals surface area (Å²) in [5.41, 5.74) is 3.06. The third kappa shape index (κ3) is 3.69. The lowest BCUT2D eigenvalue weighted by Gasteiger charge is -2.17. The van der Waals surface area contributed by atoms with Gasteiger partial charge >= 0.3 is 5.69 Å². The molecular formula is C21H22N4O2. The summed E-state index contributed by atoms with van der Waals surface area (Å²) in [4.78, 5) is 26.6. The number of hydrogen-bond acceptors (Lipinski definition) is 3. The van der Waals surface area contributed by atoms with Crippen LogP contribution in [0.25, 0.3) is 0 Å². The highest BCUT2D eigenvalue weighted by Gasteiger charge is 2.34. The molecule has 27 heavy (non-hydrogen) atoms. The molecule has 138 valence electrons. The van der Waals surface area contributed by atoms with E-state index in [1.54, 1.807) is 4.57 Å². The Bertz CT molecular complexity index is 1010. The molecule has 0 bridgehead atoms. The van der Waals surface area contributed by atoms with Gasteiger partial charge in [-0.05, 0) is 18.1 Å². The maximum Gasteiger partial charge on any atom is 0.343 e. The first kappa shape index (κ1) is 17.3. The van der Waals surface area contributed by atoms with Crippen LogP contribution in [-0.2, 0) is 17.9 Å². The van der Waals surface area contributed by atoms with E-state index >= 15 is 0 Å². The van der Waals surface area contributed by atoms with Crippen molar-refractivity contribution in [3.63, 3.8) is 0 Å². The van der Waals surface area contributed by atoms with E-state index in [0.29, 0.717) is 31.9 Å². The van der Waals surface area contributed by atoms with Gasteiger partial charge in [-0.15, -0.1) is 0 Å². The molecule has 0 spiro atoms. The number of carbonyl (C=O) groups is 1. The summed E-state index contributed by atoms with van der Waals surface area (Å²) >= 11 is 0. The zero-order valence-corrected chi connectivity index (χ0v) is 15.3. The number of likely N-dealkylation sites (tertiary alicyclic amines) is 1.